The van der Waals surface area contributed by atoms with Crippen LogP contribution in [0.4, 0.5) is 0 Å². The molecule has 522 valence electrons. The number of likely N-dealkylation sites (N-methyl/N-ethyl adjacent to an activating group) is 1. The van der Waals surface area contributed by atoms with Crippen molar-refractivity contribution in [2.75, 3.05) is 47.5 Å². The molecule has 0 aliphatic rings. The van der Waals surface area contributed by atoms with E-state index >= 15 is 0 Å². The van der Waals surface area contributed by atoms with Crippen LogP contribution in [0.25, 0.3) is 0 Å². The average molecular weight is 1270 g/mol. The summed E-state index contributed by atoms with van der Waals surface area (Å²) in [5.41, 5.74) is 0. The first-order valence-electron chi connectivity index (χ1n) is 37.7. The van der Waals surface area contributed by atoms with Gasteiger partial charge in [0.15, 0.2) is 12.4 Å². The van der Waals surface area contributed by atoms with Crippen molar-refractivity contribution in [3.05, 3.63) is 122 Å². The third kappa shape index (κ3) is 73.0. The zero-order valence-corrected chi connectivity index (χ0v) is 59.7. The number of nitrogens with zero attached hydrogens (tertiary/aromatic N) is 1. The van der Waals surface area contributed by atoms with Crippen molar-refractivity contribution in [3.63, 3.8) is 0 Å². The van der Waals surface area contributed by atoms with Gasteiger partial charge in [0.2, 0.25) is 0 Å². The standard InChI is InChI=1S/C82H141NO8/c1-6-8-10-12-14-16-18-20-22-24-26-28-30-32-34-36-38-39-40-41-43-44-46-48-50-52-54-56-58-60-62-64-66-68-70-72-79(84)89-76-78(77-90-82(81(86)87)88-75-74-83(3,4)5)91-80(85)73-71-69-67-65-63-61-59-57-55-53-51-49-47-45-42-37-35-33-31-29-27-25-23-21-19-17-15-13-11-9-7-2/h8-11,14-17,20-23,26-29,33,35,42,45,78,82H,6-7,12-13,18-19,24-25,30-32,34,36-41,43-44,46-77H2,1-5H3/b10-8-,11-9-,16-14-,17-15-,22-20-,23-21-,28-26-,29-27-,35-33-,45-42-. The smallest absolute Gasteiger partial charge is 0.306 e. The van der Waals surface area contributed by atoms with Gasteiger partial charge in [-0.25, -0.2) is 0 Å². The number of hydrogen-bond acceptors (Lipinski definition) is 8. The lowest BCUT2D eigenvalue weighted by Gasteiger charge is -2.26. The van der Waals surface area contributed by atoms with Gasteiger partial charge in [-0.15, -0.1) is 0 Å². The van der Waals surface area contributed by atoms with Gasteiger partial charge >= 0.3 is 11.9 Å². The van der Waals surface area contributed by atoms with E-state index in [9.17, 15) is 19.5 Å². The van der Waals surface area contributed by atoms with Crippen LogP contribution in [-0.4, -0.2) is 82.3 Å². The van der Waals surface area contributed by atoms with Crippen molar-refractivity contribution in [1.29, 1.82) is 0 Å². The molecule has 0 saturated heterocycles. The third-order valence-electron chi connectivity index (χ3n) is 16.2. The van der Waals surface area contributed by atoms with E-state index in [1.54, 1.807) is 0 Å². The molecule has 0 rings (SSSR count). The number of esters is 2. The van der Waals surface area contributed by atoms with Crippen LogP contribution in [0.2, 0.25) is 0 Å². The Labute approximate surface area is 561 Å². The first-order valence-corrected chi connectivity index (χ1v) is 37.7. The number of unbranched alkanes of at least 4 members (excludes halogenated alkanes) is 34. The lowest BCUT2D eigenvalue weighted by molar-refractivity contribution is -0.870. The average Bonchev–Trinajstić information content (AvgIpc) is 3.65. The van der Waals surface area contributed by atoms with Crippen LogP contribution in [-0.2, 0) is 33.3 Å². The highest BCUT2D eigenvalue weighted by molar-refractivity contribution is 5.70. The fourth-order valence-electron chi connectivity index (χ4n) is 10.5. The lowest BCUT2D eigenvalue weighted by Crippen LogP contribution is -2.44. The number of allylic oxidation sites excluding steroid dienone is 20. The Hall–Kier alpha value is -4.31. The Balaban J connectivity index is 4.06. The summed E-state index contributed by atoms with van der Waals surface area (Å²) >= 11 is 0. The number of carbonyl (C=O) groups is 3. The maximum Gasteiger partial charge on any atom is 0.306 e. The molecule has 0 fully saturated rings. The molecule has 9 nitrogen and oxygen atoms in total. The van der Waals surface area contributed by atoms with Crippen molar-refractivity contribution in [2.45, 2.75) is 334 Å². The van der Waals surface area contributed by atoms with Gasteiger partial charge in [0.05, 0.1) is 40.3 Å². The van der Waals surface area contributed by atoms with Crippen LogP contribution in [0.15, 0.2) is 122 Å². The number of ether oxygens (including phenoxy) is 4. The molecule has 0 heterocycles. The molecule has 0 aromatic rings. The maximum atomic E-state index is 13.0. The molecule has 0 aromatic heterocycles. The van der Waals surface area contributed by atoms with Gasteiger partial charge in [-0.1, -0.05) is 328 Å². The Morgan fingerprint density at radius 3 is 0.879 bits per heavy atom. The number of carboxylic acid groups (broad SMARTS) is 1. The van der Waals surface area contributed by atoms with E-state index in [4.69, 9.17) is 18.9 Å². The first-order chi connectivity index (χ1) is 44.6. The van der Waals surface area contributed by atoms with Gasteiger partial charge in [0, 0.05) is 12.8 Å². The minimum Gasteiger partial charge on any atom is -0.545 e. The second-order valence-corrected chi connectivity index (χ2v) is 26.2. The van der Waals surface area contributed by atoms with Crippen molar-refractivity contribution in [2.24, 2.45) is 0 Å². The van der Waals surface area contributed by atoms with Gasteiger partial charge in [-0.05, 0) is 103 Å². The normalized spacial score (nSPS) is 13.4. The van der Waals surface area contributed by atoms with E-state index in [0.29, 0.717) is 23.9 Å². The second kappa shape index (κ2) is 71.5. The summed E-state index contributed by atoms with van der Waals surface area (Å²) in [5, 5.41) is 11.8. The molecule has 0 amide bonds. The second-order valence-electron chi connectivity index (χ2n) is 26.2. The summed E-state index contributed by atoms with van der Waals surface area (Å²) in [6.45, 7) is 4.55. The summed E-state index contributed by atoms with van der Waals surface area (Å²) in [4.78, 5) is 37.6. The maximum absolute atomic E-state index is 13.0. The Morgan fingerprint density at radius 2 is 0.593 bits per heavy atom. The molecule has 0 spiro atoms. The van der Waals surface area contributed by atoms with E-state index in [1.165, 1.54) is 186 Å². The summed E-state index contributed by atoms with van der Waals surface area (Å²) < 4.78 is 22.8. The van der Waals surface area contributed by atoms with Gasteiger partial charge < -0.3 is 33.3 Å². The van der Waals surface area contributed by atoms with E-state index < -0.39 is 24.3 Å². The number of quaternary nitrogens is 1. The Morgan fingerprint density at radius 1 is 0.330 bits per heavy atom. The van der Waals surface area contributed by atoms with Gasteiger partial charge in [-0.3, -0.25) is 9.59 Å². The SMILES string of the molecule is CC/C=C\C/C=C\C/C=C\C/C=C\C/C=C\C/C=C\CCCCCCCCCCCCCCC(=O)OC(COC(=O)CCCCCCCCCCCCCCCCCCCCCCCC/C=C\C/C=C\C/C=C\C/C=C\CC)COC(OCC[N+](C)(C)C)C(=O)[O-]. The largest absolute Gasteiger partial charge is 0.545 e. The molecule has 2 unspecified atom stereocenters. The molecule has 0 radical (unpaired) electrons. The van der Waals surface area contributed by atoms with E-state index in [-0.39, 0.29) is 32.2 Å². The number of carbonyl (C=O) groups excluding carboxylic acids is 3. The fraction of sp³-hybridized carbons (Fsp3) is 0.720. The molecule has 0 aliphatic heterocycles. The monoisotopic (exact) mass is 1270 g/mol. The molecule has 0 bridgehead atoms. The van der Waals surface area contributed by atoms with Crippen LogP contribution in [0.1, 0.15) is 322 Å². The summed E-state index contributed by atoms with van der Waals surface area (Å²) in [7, 11) is 5.94. The highest BCUT2D eigenvalue weighted by Gasteiger charge is 2.22. The summed E-state index contributed by atoms with van der Waals surface area (Å²) in [6, 6.07) is 0. The third-order valence-corrected chi connectivity index (χ3v) is 16.2. The van der Waals surface area contributed by atoms with Gasteiger partial charge in [-0.2, -0.15) is 0 Å². The summed E-state index contributed by atoms with van der Waals surface area (Å²) in [6.07, 6.45) is 98.7. The summed E-state index contributed by atoms with van der Waals surface area (Å²) in [5.74, 6) is -2.28. The lowest BCUT2D eigenvalue weighted by atomic mass is 10.0. The highest BCUT2D eigenvalue weighted by atomic mass is 16.7. The minimum atomic E-state index is -1.63. The predicted octanol–water partition coefficient (Wildman–Crippen LogP) is 22.6. The predicted molar refractivity (Wildman–Crippen MR) is 389 cm³/mol. The van der Waals surface area contributed by atoms with Crippen LogP contribution in [0.5, 0.6) is 0 Å². The molecule has 91 heavy (non-hydrogen) atoms. The van der Waals surface area contributed by atoms with Crippen molar-refractivity contribution in [3.8, 4) is 0 Å². The highest BCUT2D eigenvalue weighted by Crippen LogP contribution is 2.18. The zero-order chi connectivity index (χ0) is 66.1. The number of rotatable bonds is 69. The number of aliphatic carboxylic acids is 1. The van der Waals surface area contributed by atoms with Crippen molar-refractivity contribution < 1.29 is 42.9 Å². The molecular weight excluding hydrogens is 1130 g/mol. The number of carboxylic acids is 1. The van der Waals surface area contributed by atoms with Crippen LogP contribution in [0, 0.1) is 0 Å². The molecule has 0 aromatic carbocycles. The van der Waals surface area contributed by atoms with Crippen molar-refractivity contribution in [1.82, 2.24) is 0 Å². The molecule has 9 heteroatoms. The van der Waals surface area contributed by atoms with Gasteiger partial charge in [0.25, 0.3) is 0 Å². The van der Waals surface area contributed by atoms with E-state index in [1.807, 2.05) is 21.1 Å². The number of hydrogen-bond donors (Lipinski definition) is 0. The molecule has 2 atom stereocenters. The van der Waals surface area contributed by atoms with E-state index in [2.05, 4.69) is 135 Å². The zero-order valence-electron chi connectivity index (χ0n) is 59.7. The van der Waals surface area contributed by atoms with Crippen molar-refractivity contribution >= 4 is 17.9 Å². The van der Waals surface area contributed by atoms with Crippen LogP contribution >= 0.6 is 0 Å². The quantitative estimate of drug-likeness (QED) is 0.0195. The molecule has 0 N–H and O–H groups in total. The molecule has 0 saturated carbocycles. The van der Waals surface area contributed by atoms with E-state index in [0.717, 1.165) is 103 Å². The molecular formula is C82H141NO8. The Bertz CT molecular complexity index is 1910. The minimum absolute atomic E-state index is 0.144. The Kier molecular flexibility index (Phi) is 68.1. The van der Waals surface area contributed by atoms with Gasteiger partial charge in [0.1, 0.15) is 13.2 Å². The van der Waals surface area contributed by atoms with Crippen LogP contribution < -0.4 is 5.11 Å². The van der Waals surface area contributed by atoms with Crippen LogP contribution in [0.3, 0.4) is 0 Å². The topological polar surface area (TPSA) is 111 Å². The molecule has 0 aliphatic carbocycles. The fourth-order valence-corrected chi connectivity index (χ4v) is 10.5. The first kappa shape index (κ1) is 86.7.